The van der Waals surface area contributed by atoms with E-state index in [-0.39, 0.29) is 6.03 Å². The van der Waals surface area contributed by atoms with Crippen LogP contribution in [0.2, 0.25) is 0 Å². The number of hydrogen-bond donors (Lipinski definition) is 1. The van der Waals surface area contributed by atoms with Crippen molar-refractivity contribution in [3.05, 3.63) is 24.0 Å². The molecule has 2 amide bonds. The molecule has 3 rings (SSSR count). The molecule has 0 atom stereocenters. The average molecular weight is 337 g/mol. The molecule has 1 aromatic heterocycles. The Morgan fingerprint density at radius 2 is 2.00 bits per heavy atom. The van der Waals surface area contributed by atoms with Gasteiger partial charge in [0.05, 0.1) is 0 Å². The van der Waals surface area contributed by atoms with Gasteiger partial charge in [-0.25, -0.2) is 4.79 Å². The smallest absolute Gasteiger partial charge is 0.317 e. The lowest BCUT2D eigenvalue weighted by atomic mass is 10.0. The molecule has 0 saturated carbocycles. The number of piperidine rings is 1. The van der Waals surface area contributed by atoms with Crippen LogP contribution in [0, 0.1) is 0 Å². The second kappa shape index (κ2) is 8.11. The molecule has 0 bridgehead atoms. The standard InChI is InChI=1S/C17H28N4OS/c1-19-8-2-3-15(19)4-7-18-17(22)21-9-5-16(6-10-21)20-11-13-23-14-12-20/h2-3,8,16H,4-7,9-14H2,1H3,(H,18,22). The fourth-order valence-corrected chi connectivity index (χ4v) is 4.47. The predicted octanol–water partition coefficient (Wildman–Crippen LogP) is 1.79. The van der Waals surface area contributed by atoms with E-state index < -0.39 is 0 Å². The van der Waals surface area contributed by atoms with Crippen LogP contribution in [-0.2, 0) is 13.5 Å². The first-order valence-electron chi connectivity index (χ1n) is 8.69. The van der Waals surface area contributed by atoms with Crippen LogP contribution in [0.15, 0.2) is 18.3 Å². The van der Waals surface area contributed by atoms with Gasteiger partial charge in [0, 0.05) is 75.6 Å². The minimum atomic E-state index is 0.104. The molecule has 2 aliphatic rings. The molecule has 23 heavy (non-hydrogen) atoms. The topological polar surface area (TPSA) is 40.5 Å². The van der Waals surface area contributed by atoms with Crippen LogP contribution >= 0.6 is 11.8 Å². The Balaban J connectivity index is 1.37. The Labute approximate surface area is 143 Å². The number of aromatic nitrogens is 1. The maximum atomic E-state index is 12.3. The number of thioether (sulfide) groups is 1. The van der Waals surface area contributed by atoms with Gasteiger partial charge in [-0.3, -0.25) is 4.90 Å². The number of nitrogens with zero attached hydrogens (tertiary/aromatic N) is 3. The third kappa shape index (κ3) is 4.44. The van der Waals surface area contributed by atoms with Crippen LogP contribution in [-0.4, -0.2) is 70.7 Å². The second-order valence-electron chi connectivity index (χ2n) is 6.46. The quantitative estimate of drug-likeness (QED) is 0.911. The summed E-state index contributed by atoms with van der Waals surface area (Å²) >= 11 is 2.06. The second-order valence-corrected chi connectivity index (χ2v) is 7.68. The molecular weight excluding hydrogens is 308 g/mol. The molecule has 2 fully saturated rings. The van der Waals surface area contributed by atoms with E-state index in [0.29, 0.717) is 12.6 Å². The van der Waals surface area contributed by atoms with E-state index >= 15 is 0 Å². The van der Waals surface area contributed by atoms with Crippen molar-refractivity contribution in [2.24, 2.45) is 7.05 Å². The van der Waals surface area contributed by atoms with Crippen LogP contribution < -0.4 is 5.32 Å². The number of urea groups is 1. The van der Waals surface area contributed by atoms with E-state index in [9.17, 15) is 4.79 Å². The molecule has 6 heteroatoms. The van der Waals surface area contributed by atoms with Crippen LogP contribution in [0.25, 0.3) is 0 Å². The summed E-state index contributed by atoms with van der Waals surface area (Å²) in [5, 5.41) is 3.07. The number of amides is 2. The van der Waals surface area contributed by atoms with Crippen LogP contribution in [0.1, 0.15) is 18.5 Å². The Morgan fingerprint density at radius 1 is 1.26 bits per heavy atom. The lowest BCUT2D eigenvalue weighted by Crippen LogP contribution is -2.51. The minimum absolute atomic E-state index is 0.104. The lowest BCUT2D eigenvalue weighted by Gasteiger charge is -2.40. The van der Waals surface area contributed by atoms with Gasteiger partial charge in [-0.2, -0.15) is 11.8 Å². The number of hydrogen-bond acceptors (Lipinski definition) is 3. The van der Waals surface area contributed by atoms with E-state index in [0.717, 1.165) is 32.4 Å². The summed E-state index contributed by atoms with van der Waals surface area (Å²) in [4.78, 5) is 16.9. The summed E-state index contributed by atoms with van der Waals surface area (Å²) in [5.74, 6) is 2.53. The fraction of sp³-hybridized carbons (Fsp3) is 0.706. The van der Waals surface area contributed by atoms with Gasteiger partial charge in [-0.15, -0.1) is 0 Å². The summed E-state index contributed by atoms with van der Waals surface area (Å²) < 4.78 is 2.11. The van der Waals surface area contributed by atoms with E-state index in [2.05, 4.69) is 32.6 Å². The van der Waals surface area contributed by atoms with Crippen LogP contribution in [0.5, 0.6) is 0 Å². The average Bonchev–Trinajstić information content (AvgIpc) is 3.01. The molecule has 1 N–H and O–H groups in total. The zero-order valence-corrected chi connectivity index (χ0v) is 14.9. The van der Waals surface area contributed by atoms with Gasteiger partial charge in [0.15, 0.2) is 0 Å². The highest BCUT2D eigenvalue weighted by Gasteiger charge is 2.27. The van der Waals surface area contributed by atoms with Gasteiger partial charge in [0.2, 0.25) is 0 Å². The van der Waals surface area contributed by atoms with Crippen molar-refractivity contribution in [3.8, 4) is 0 Å². The van der Waals surface area contributed by atoms with Gasteiger partial charge in [0.1, 0.15) is 0 Å². The molecular formula is C17H28N4OS. The summed E-state index contributed by atoms with van der Waals surface area (Å²) in [6, 6.07) is 4.94. The SMILES string of the molecule is Cn1cccc1CCNC(=O)N1CCC(N2CCSCC2)CC1. The minimum Gasteiger partial charge on any atom is -0.354 e. The summed E-state index contributed by atoms with van der Waals surface area (Å²) in [5.41, 5.74) is 1.26. The Bertz CT molecular complexity index is 504. The zero-order chi connectivity index (χ0) is 16.1. The van der Waals surface area contributed by atoms with E-state index in [1.807, 2.05) is 24.2 Å². The third-order valence-electron chi connectivity index (χ3n) is 5.02. The van der Waals surface area contributed by atoms with Gasteiger partial charge in [-0.05, 0) is 25.0 Å². The van der Waals surface area contributed by atoms with Crippen molar-refractivity contribution in [3.63, 3.8) is 0 Å². The molecule has 5 nitrogen and oxygen atoms in total. The molecule has 1 aromatic rings. The predicted molar refractivity (Wildman–Crippen MR) is 96.0 cm³/mol. The first kappa shape index (κ1) is 16.7. The molecule has 128 valence electrons. The number of likely N-dealkylation sites (tertiary alicyclic amines) is 1. The maximum absolute atomic E-state index is 12.3. The molecule has 2 aliphatic heterocycles. The molecule has 0 unspecified atom stereocenters. The van der Waals surface area contributed by atoms with Crippen molar-refractivity contribution in [2.45, 2.75) is 25.3 Å². The summed E-state index contributed by atoms with van der Waals surface area (Å²) in [6.45, 7) is 4.94. The van der Waals surface area contributed by atoms with Gasteiger partial charge in [0.25, 0.3) is 0 Å². The molecule has 0 aliphatic carbocycles. The highest BCUT2D eigenvalue weighted by Crippen LogP contribution is 2.20. The molecule has 0 radical (unpaired) electrons. The van der Waals surface area contributed by atoms with Gasteiger partial charge >= 0.3 is 6.03 Å². The Hall–Kier alpha value is -1.14. The van der Waals surface area contributed by atoms with Crippen molar-refractivity contribution >= 4 is 17.8 Å². The number of rotatable bonds is 4. The monoisotopic (exact) mass is 336 g/mol. The van der Waals surface area contributed by atoms with E-state index in [1.165, 1.54) is 30.3 Å². The van der Waals surface area contributed by atoms with Gasteiger partial charge < -0.3 is 14.8 Å². The molecule has 3 heterocycles. The largest absolute Gasteiger partial charge is 0.354 e. The number of carbonyl (C=O) groups excluding carboxylic acids is 1. The normalized spacial score (nSPS) is 20.7. The van der Waals surface area contributed by atoms with E-state index in [1.54, 1.807) is 0 Å². The first-order valence-corrected chi connectivity index (χ1v) is 9.84. The highest BCUT2D eigenvalue weighted by atomic mass is 32.2. The number of nitrogens with one attached hydrogen (secondary N) is 1. The van der Waals surface area contributed by atoms with Crippen molar-refractivity contribution in [2.75, 3.05) is 44.2 Å². The van der Waals surface area contributed by atoms with Gasteiger partial charge in [-0.1, -0.05) is 0 Å². The van der Waals surface area contributed by atoms with E-state index in [4.69, 9.17) is 0 Å². The summed E-state index contributed by atoms with van der Waals surface area (Å²) in [6.07, 6.45) is 5.17. The lowest BCUT2D eigenvalue weighted by molar-refractivity contribution is 0.124. The molecule has 2 saturated heterocycles. The number of carbonyl (C=O) groups is 1. The van der Waals surface area contributed by atoms with Crippen molar-refractivity contribution < 1.29 is 4.79 Å². The highest BCUT2D eigenvalue weighted by molar-refractivity contribution is 7.99. The van der Waals surface area contributed by atoms with Crippen LogP contribution in [0.4, 0.5) is 4.79 Å². The fourth-order valence-electron chi connectivity index (χ4n) is 3.54. The Kier molecular flexibility index (Phi) is 5.89. The summed E-state index contributed by atoms with van der Waals surface area (Å²) in [7, 11) is 2.04. The first-order chi connectivity index (χ1) is 11.2. The maximum Gasteiger partial charge on any atom is 0.317 e. The number of aryl methyl sites for hydroxylation is 1. The zero-order valence-electron chi connectivity index (χ0n) is 14.0. The van der Waals surface area contributed by atoms with Crippen molar-refractivity contribution in [1.82, 2.24) is 19.7 Å². The Morgan fingerprint density at radius 3 is 2.65 bits per heavy atom. The third-order valence-corrected chi connectivity index (χ3v) is 5.96. The molecule has 0 spiro atoms. The van der Waals surface area contributed by atoms with Crippen LogP contribution in [0.3, 0.4) is 0 Å². The van der Waals surface area contributed by atoms with Crippen molar-refractivity contribution in [1.29, 1.82) is 0 Å². The molecule has 0 aromatic carbocycles.